The van der Waals surface area contributed by atoms with Gasteiger partial charge in [-0.25, -0.2) is 0 Å². The SMILES string of the molecule is CC/C=C\C/C=C\C/C=C\C/C=C\CCCCCCCCCCCCCCCCCCC(=O)OCC(COC(=O)CCCCCCCCC)OC(=O)CCCCCCCCCCCCCCCC/C=C\C/C=C\C/C=C\CCCCCCC. The maximum absolute atomic E-state index is 12.9. The number of ether oxygens (including phenoxy) is 3. The maximum atomic E-state index is 12.9. The van der Waals surface area contributed by atoms with Gasteiger partial charge in [0.1, 0.15) is 13.2 Å². The molecule has 83 heavy (non-hydrogen) atoms. The lowest BCUT2D eigenvalue weighted by atomic mass is 10.0. The normalized spacial score (nSPS) is 12.6. The minimum Gasteiger partial charge on any atom is -0.462 e. The summed E-state index contributed by atoms with van der Waals surface area (Å²) < 4.78 is 16.9. The Labute approximate surface area is 515 Å². The summed E-state index contributed by atoms with van der Waals surface area (Å²) >= 11 is 0. The van der Waals surface area contributed by atoms with Crippen LogP contribution in [0.4, 0.5) is 0 Å². The molecule has 0 aromatic carbocycles. The highest BCUT2D eigenvalue weighted by Crippen LogP contribution is 2.18. The number of allylic oxidation sites excluding steroid dienone is 14. The van der Waals surface area contributed by atoms with E-state index < -0.39 is 6.10 Å². The van der Waals surface area contributed by atoms with Crippen LogP contribution in [0.2, 0.25) is 0 Å². The number of carbonyl (C=O) groups excluding carboxylic acids is 3. The fraction of sp³-hybridized carbons (Fsp3) is 0.779. The average Bonchev–Trinajstić information content (AvgIpc) is 3.49. The zero-order valence-corrected chi connectivity index (χ0v) is 55.2. The second kappa shape index (κ2) is 71.1. The fourth-order valence-electron chi connectivity index (χ4n) is 10.5. The summed E-state index contributed by atoms with van der Waals surface area (Å²) in [5.74, 6) is -0.861. The van der Waals surface area contributed by atoms with Crippen molar-refractivity contribution in [1.29, 1.82) is 0 Å². The van der Waals surface area contributed by atoms with E-state index in [9.17, 15) is 14.4 Å². The van der Waals surface area contributed by atoms with Gasteiger partial charge >= 0.3 is 17.9 Å². The first-order valence-corrected chi connectivity index (χ1v) is 36.1. The molecule has 0 heterocycles. The molecule has 0 spiro atoms. The van der Waals surface area contributed by atoms with Crippen LogP contribution >= 0.6 is 0 Å². The molecule has 0 radical (unpaired) electrons. The van der Waals surface area contributed by atoms with Gasteiger partial charge in [-0.05, 0) is 96.3 Å². The number of hydrogen-bond acceptors (Lipinski definition) is 6. The first-order valence-electron chi connectivity index (χ1n) is 36.1. The van der Waals surface area contributed by atoms with Crippen molar-refractivity contribution in [2.75, 3.05) is 13.2 Å². The zero-order valence-electron chi connectivity index (χ0n) is 55.2. The quantitative estimate of drug-likeness (QED) is 0.0261. The minimum absolute atomic E-state index is 0.0720. The molecule has 0 bridgehead atoms. The molecular formula is C77H136O6. The van der Waals surface area contributed by atoms with Crippen molar-refractivity contribution in [3.63, 3.8) is 0 Å². The highest BCUT2D eigenvalue weighted by atomic mass is 16.6. The summed E-state index contributed by atoms with van der Waals surface area (Å²) in [6.07, 6.45) is 95.1. The van der Waals surface area contributed by atoms with Gasteiger partial charge < -0.3 is 14.2 Å². The molecule has 0 saturated heterocycles. The predicted octanol–water partition coefficient (Wildman–Crippen LogP) is 25.0. The highest BCUT2D eigenvalue weighted by Gasteiger charge is 2.19. The van der Waals surface area contributed by atoms with Gasteiger partial charge in [-0.3, -0.25) is 14.4 Å². The largest absolute Gasteiger partial charge is 0.462 e. The van der Waals surface area contributed by atoms with Crippen molar-refractivity contribution in [3.8, 4) is 0 Å². The topological polar surface area (TPSA) is 78.9 Å². The summed E-state index contributed by atoms with van der Waals surface area (Å²) in [7, 11) is 0. The van der Waals surface area contributed by atoms with Gasteiger partial charge in [-0.15, -0.1) is 0 Å². The number of esters is 3. The molecule has 480 valence electrons. The molecule has 6 nitrogen and oxygen atoms in total. The standard InChI is InChI=1S/C77H136O6/c1-4-7-10-13-16-18-20-22-24-26-28-30-32-34-36-38-40-42-44-46-48-50-52-54-56-58-61-64-67-70-76(79)82-73-74(72-81-75(78)69-66-63-60-15-12-9-6-3)83-77(80)71-68-65-62-59-57-55-53-51-49-47-45-43-41-39-37-35-33-31-29-27-25-23-21-19-17-14-11-8-5-2/h7,10,16,18,21-24,27-30,33,35,74H,4-6,8-9,11-15,17,19-20,25-26,31-32,34,36-73H2,1-3H3/b10-7-,18-16-,23-21-,24-22-,29-27-,30-28-,35-33-. The Bertz CT molecular complexity index is 1570. The lowest BCUT2D eigenvalue weighted by Crippen LogP contribution is -2.30. The lowest BCUT2D eigenvalue weighted by molar-refractivity contribution is -0.167. The van der Waals surface area contributed by atoms with E-state index >= 15 is 0 Å². The van der Waals surface area contributed by atoms with Crippen LogP contribution in [-0.4, -0.2) is 37.2 Å². The summed E-state index contributed by atoms with van der Waals surface area (Å²) in [5.41, 5.74) is 0. The Morgan fingerprint density at radius 3 is 0.735 bits per heavy atom. The number of carbonyl (C=O) groups is 3. The molecule has 0 rings (SSSR count). The van der Waals surface area contributed by atoms with Crippen LogP contribution in [0.25, 0.3) is 0 Å². The molecule has 0 aromatic rings. The molecule has 0 N–H and O–H groups in total. The van der Waals surface area contributed by atoms with Crippen LogP contribution in [0, 0.1) is 0 Å². The minimum atomic E-state index is -0.773. The second-order valence-corrected chi connectivity index (χ2v) is 24.1. The number of hydrogen-bond donors (Lipinski definition) is 0. The van der Waals surface area contributed by atoms with Gasteiger partial charge in [0.15, 0.2) is 6.10 Å². The molecule has 6 heteroatoms. The summed E-state index contributed by atoms with van der Waals surface area (Å²) in [5, 5.41) is 0. The van der Waals surface area contributed by atoms with Gasteiger partial charge in [0, 0.05) is 19.3 Å². The van der Waals surface area contributed by atoms with E-state index in [1.54, 1.807) is 0 Å². The molecule has 0 aromatic heterocycles. The van der Waals surface area contributed by atoms with Crippen LogP contribution in [0.15, 0.2) is 85.1 Å². The summed E-state index contributed by atoms with van der Waals surface area (Å²) in [4.78, 5) is 38.2. The molecule has 1 atom stereocenters. The van der Waals surface area contributed by atoms with Crippen molar-refractivity contribution in [1.82, 2.24) is 0 Å². The Balaban J connectivity index is 4.04. The molecule has 0 aliphatic carbocycles. The van der Waals surface area contributed by atoms with Crippen LogP contribution in [-0.2, 0) is 28.6 Å². The summed E-state index contributed by atoms with van der Waals surface area (Å²) in [6.45, 7) is 6.52. The van der Waals surface area contributed by atoms with E-state index in [0.717, 1.165) is 96.3 Å². The van der Waals surface area contributed by atoms with E-state index in [-0.39, 0.29) is 31.1 Å². The fourth-order valence-corrected chi connectivity index (χ4v) is 10.5. The van der Waals surface area contributed by atoms with Crippen LogP contribution in [0.3, 0.4) is 0 Å². The van der Waals surface area contributed by atoms with Gasteiger partial charge in [-0.1, -0.05) is 337 Å². The lowest BCUT2D eigenvalue weighted by Gasteiger charge is -2.18. The molecular weight excluding hydrogens is 1020 g/mol. The molecule has 0 fully saturated rings. The van der Waals surface area contributed by atoms with Crippen LogP contribution in [0.5, 0.6) is 0 Å². The van der Waals surface area contributed by atoms with E-state index in [1.807, 2.05) is 0 Å². The first-order chi connectivity index (χ1) is 41.0. The van der Waals surface area contributed by atoms with E-state index in [1.165, 1.54) is 231 Å². The Hall–Kier alpha value is -3.41. The Morgan fingerprint density at radius 2 is 0.470 bits per heavy atom. The van der Waals surface area contributed by atoms with Gasteiger partial charge in [0.25, 0.3) is 0 Å². The second-order valence-electron chi connectivity index (χ2n) is 24.1. The van der Waals surface area contributed by atoms with Crippen molar-refractivity contribution >= 4 is 17.9 Å². The van der Waals surface area contributed by atoms with Crippen molar-refractivity contribution in [2.24, 2.45) is 0 Å². The number of rotatable bonds is 66. The van der Waals surface area contributed by atoms with E-state index in [2.05, 4.69) is 106 Å². The van der Waals surface area contributed by atoms with Crippen molar-refractivity contribution < 1.29 is 28.6 Å². The van der Waals surface area contributed by atoms with Crippen molar-refractivity contribution in [3.05, 3.63) is 85.1 Å². The average molecular weight is 1160 g/mol. The van der Waals surface area contributed by atoms with E-state index in [4.69, 9.17) is 14.2 Å². The summed E-state index contributed by atoms with van der Waals surface area (Å²) in [6, 6.07) is 0. The maximum Gasteiger partial charge on any atom is 0.306 e. The monoisotopic (exact) mass is 1160 g/mol. The Kier molecular flexibility index (Phi) is 68.2. The smallest absolute Gasteiger partial charge is 0.306 e. The van der Waals surface area contributed by atoms with E-state index in [0.29, 0.717) is 19.3 Å². The predicted molar refractivity (Wildman–Crippen MR) is 362 cm³/mol. The third-order valence-electron chi connectivity index (χ3n) is 15.9. The van der Waals surface area contributed by atoms with Gasteiger partial charge in [0.2, 0.25) is 0 Å². The molecule has 1 unspecified atom stereocenters. The third kappa shape index (κ3) is 69.3. The van der Waals surface area contributed by atoms with Gasteiger partial charge in [0.05, 0.1) is 0 Å². The van der Waals surface area contributed by atoms with Gasteiger partial charge in [-0.2, -0.15) is 0 Å². The Morgan fingerprint density at radius 1 is 0.253 bits per heavy atom. The third-order valence-corrected chi connectivity index (χ3v) is 15.9. The highest BCUT2D eigenvalue weighted by molar-refractivity contribution is 5.71. The van der Waals surface area contributed by atoms with Crippen LogP contribution < -0.4 is 0 Å². The van der Waals surface area contributed by atoms with Crippen molar-refractivity contribution in [2.45, 2.75) is 374 Å². The molecule has 0 amide bonds. The first kappa shape index (κ1) is 79.6. The number of unbranched alkanes of at least 4 members (excludes halogenated alkanes) is 41. The van der Waals surface area contributed by atoms with Crippen LogP contribution in [0.1, 0.15) is 367 Å². The zero-order chi connectivity index (χ0) is 59.9. The molecule has 0 aliphatic rings. The molecule has 0 saturated carbocycles. The molecule has 0 aliphatic heterocycles.